The van der Waals surface area contributed by atoms with Crippen molar-refractivity contribution in [2.75, 3.05) is 17.2 Å². The van der Waals surface area contributed by atoms with E-state index in [4.69, 9.17) is 22.3 Å². The van der Waals surface area contributed by atoms with Crippen molar-refractivity contribution in [2.24, 2.45) is 5.92 Å². The lowest BCUT2D eigenvalue weighted by Crippen LogP contribution is -2.25. The van der Waals surface area contributed by atoms with Gasteiger partial charge in [0, 0.05) is 39.7 Å². The van der Waals surface area contributed by atoms with Gasteiger partial charge in [0.25, 0.3) is 0 Å². The zero-order chi connectivity index (χ0) is 14.2. The van der Waals surface area contributed by atoms with Gasteiger partial charge < -0.3 is 4.90 Å². The van der Waals surface area contributed by atoms with Crippen LogP contribution >= 0.6 is 38.2 Å². The lowest BCUT2D eigenvalue weighted by atomic mass is 10.1. The van der Waals surface area contributed by atoms with E-state index in [1.807, 2.05) is 0 Å². The van der Waals surface area contributed by atoms with Crippen LogP contribution in [0.4, 0.5) is 5.69 Å². The van der Waals surface area contributed by atoms with Crippen LogP contribution in [0.2, 0.25) is 5.02 Å². The van der Waals surface area contributed by atoms with Gasteiger partial charge >= 0.3 is 0 Å². The molecule has 0 N–H and O–H groups in total. The molecule has 2 rings (SSSR count). The van der Waals surface area contributed by atoms with Crippen LogP contribution in [0.3, 0.4) is 0 Å². The Balaban J connectivity index is 2.18. The molecule has 0 aliphatic carbocycles. The molecule has 19 heavy (non-hydrogen) atoms. The molecule has 1 atom stereocenters. The van der Waals surface area contributed by atoms with Gasteiger partial charge in [-0.05, 0) is 34.1 Å². The minimum absolute atomic E-state index is 0.112. The molecule has 1 saturated heterocycles. The summed E-state index contributed by atoms with van der Waals surface area (Å²) in [5, 5.41) is 0.551. The predicted molar refractivity (Wildman–Crippen MR) is 79.3 cm³/mol. The van der Waals surface area contributed by atoms with Crippen molar-refractivity contribution in [2.45, 2.75) is 6.42 Å². The number of hydrogen-bond acceptors (Lipinski definition) is 3. The summed E-state index contributed by atoms with van der Waals surface area (Å²) in [6.45, 7) is 0.346. The minimum atomic E-state index is -3.59. The van der Waals surface area contributed by atoms with Gasteiger partial charge in [-0.15, -0.1) is 0 Å². The van der Waals surface area contributed by atoms with Crippen molar-refractivity contribution in [3.05, 3.63) is 27.7 Å². The number of carbonyl (C=O) groups excluding carboxylic acids is 1. The Morgan fingerprint density at radius 1 is 1.42 bits per heavy atom. The van der Waals surface area contributed by atoms with Crippen molar-refractivity contribution in [1.29, 1.82) is 0 Å². The maximum absolute atomic E-state index is 11.9. The molecule has 1 aliphatic heterocycles. The summed E-state index contributed by atoms with van der Waals surface area (Å²) < 4.78 is 22.8. The van der Waals surface area contributed by atoms with Crippen molar-refractivity contribution >= 4 is 58.9 Å². The first-order valence-electron chi connectivity index (χ1n) is 5.44. The van der Waals surface area contributed by atoms with Crippen LogP contribution in [0, 0.1) is 5.92 Å². The van der Waals surface area contributed by atoms with E-state index in [-0.39, 0.29) is 24.0 Å². The third kappa shape index (κ3) is 3.84. The lowest BCUT2D eigenvalue weighted by molar-refractivity contribution is -0.117. The number of halogens is 3. The van der Waals surface area contributed by atoms with E-state index in [9.17, 15) is 13.2 Å². The third-order valence-corrected chi connectivity index (χ3v) is 5.32. The summed E-state index contributed by atoms with van der Waals surface area (Å²) in [5.41, 5.74) is 0.691. The topological polar surface area (TPSA) is 54.5 Å². The normalized spacial score (nSPS) is 20.1. The number of hydrogen-bond donors (Lipinski definition) is 0. The standard InChI is InChI=1S/C11H10BrCl2NO3S/c12-9-4-8(1-2-10(9)13)15-5-7(3-11(15)16)6-19(14,17)18/h1-2,4,7H,3,5-6H2. The van der Waals surface area contributed by atoms with Crippen LogP contribution in [0.5, 0.6) is 0 Å². The van der Waals surface area contributed by atoms with Crippen LogP contribution in [0.1, 0.15) is 6.42 Å². The number of anilines is 1. The van der Waals surface area contributed by atoms with Gasteiger partial charge in [0.1, 0.15) is 0 Å². The molecule has 0 spiro atoms. The van der Waals surface area contributed by atoms with Crippen LogP contribution in [0.25, 0.3) is 0 Å². The molecule has 0 aromatic heterocycles. The van der Waals surface area contributed by atoms with Crippen LogP contribution in [-0.2, 0) is 13.8 Å². The Kier molecular flexibility index (Phi) is 4.45. The van der Waals surface area contributed by atoms with E-state index >= 15 is 0 Å². The van der Waals surface area contributed by atoms with Gasteiger partial charge in [0.15, 0.2) is 0 Å². The SMILES string of the molecule is O=C1CC(CS(=O)(=O)Cl)CN1c1ccc(Cl)c(Br)c1. The van der Waals surface area contributed by atoms with E-state index in [1.165, 1.54) is 0 Å². The van der Waals surface area contributed by atoms with Crippen LogP contribution in [-0.4, -0.2) is 26.6 Å². The third-order valence-electron chi connectivity index (χ3n) is 2.85. The molecule has 0 bridgehead atoms. The van der Waals surface area contributed by atoms with E-state index in [0.29, 0.717) is 21.7 Å². The molecule has 1 aliphatic rings. The molecule has 0 saturated carbocycles. The van der Waals surface area contributed by atoms with Gasteiger partial charge in [0.2, 0.25) is 15.0 Å². The fourth-order valence-electron chi connectivity index (χ4n) is 2.08. The smallest absolute Gasteiger partial charge is 0.232 e. The van der Waals surface area contributed by atoms with Crippen molar-refractivity contribution in [3.8, 4) is 0 Å². The Hall–Kier alpha value is -0.300. The first-order valence-corrected chi connectivity index (χ1v) is 9.09. The maximum atomic E-state index is 11.9. The number of benzene rings is 1. The van der Waals surface area contributed by atoms with E-state index < -0.39 is 9.05 Å². The zero-order valence-corrected chi connectivity index (χ0v) is 13.6. The fourth-order valence-corrected chi connectivity index (χ4v) is 3.88. The molecule has 8 heteroatoms. The van der Waals surface area contributed by atoms with Crippen LogP contribution in [0.15, 0.2) is 22.7 Å². The number of carbonyl (C=O) groups is 1. The highest BCUT2D eigenvalue weighted by Crippen LogP contribution is 2.31. The lowest BCUT2D eigenvalue weighted by Gasteiger charge is -2.17. The molecular formula is C11H10BrCl2NO3S. The van der Waals surface area contributed by atoms with E-state index in [2.05, 4.69) is 15.9 Å². The highest BCUT2D eigenvalue weighted by molar-refractivity contribution is 9.10. The summed E-state index contributed by atoms with van der Waals surface area (Å²) in [7, 11) is 1.63. The Morgan fingerprint density at radius 3 is 2.68 bits per heavy atom. The molecule has 1 aromatic rings. The summed E-state index contributed by atoms with van der Waals surface area (Å²) in [6.07, 6.45) is 0.187. The highest BCUT2D eigenvalue weighted by atomic mass is 79.9. The van der Waals surface area contributed by atoms with Gasteiger partial charge in [-0.25, -0.2) is 8.42 Å². The Labute approximate surface area is 129 Å². The molecule has 104 valence electrons. The second kappa shape index (κ2) is 5.60. The van der Waals surface area contributed by atoms with Gasteiger partial charge in [-0.1, -0.05) is 11.6 Å². The first kappa shape index (κ1) is 15.1. The van der Waals surface area contributed by atoms with Crippen molar-refractivity contribution < 1.29 is 13.2 Å². The summed E-state index contributed by atoms with van der Waals surface area (Å²) in [4.78, 5) is 13.5. The molecule has 1 unspecified atom stereocenters. The summed E-state index contributed by atoms with van der Waals surface area (Å²) >= 11 is 9.18. The quantitative estimate of drug-likeness (QED) is 0.750. The largest absolute Gasteiger partial charge is 0.312 e. The van der Waals surface area contributed by atoms with Crippen LogP contribution < -0.4 is 4.90 Å². The highest BCUT2D eigenvalue weighted by Gasteiger charge is 2.33. The molecule has 1 heterocycles. The number of amides is 1. The van der Waals surface area contributed by atoms with Gasteiger partial charge in [-0.3, -0.25) is 4.79 Å². The molecule has 0 radical (unpaired) electrons. The first-order chi connectivity index (χ1) is 8.76. The maximum Gasteiger partial charge on any atom is 0.232 e. The van der Waals surface area contributed by atoms with E-state index in [1.54, 1.807) is 23.1 Å². The second-order valence-corrected chi connectivity index (χ2v) is 8.46. The second-order valence-electron chi connectivity index (χ2n) is 4.38. The molecule has 4 nitrogen and oxygen atoms in total. The molecular weight excluding hydrogens is 377 g/mol. The number of nitrogens with zero attached hydrogens (tertiary/aromatic N) is 1. The van der Waals surface area contributed by atoms with Crippen molar-refractivity contribution in [1.82, 2.24) is 0 Å². The average molecular weight is 387 g/mol. The average Bonchev–Trinajstić information content (AvgIpc) is 2.61. The monoisotopic (exact) mass is 385 g/mol. The van der Waals surface area contributed by atoms with E-state index in [0.717, 1.165) is 0 Å². The Bertz CT molecular complexity index is 620. The fraction of sp³-hybridized carbons (Fsp3) is 0.364. The van der Waals surface area contributed by atoms with Gasteiger partial charge in [0.05, 0.1) is 10.8 Å². The summed E-state index contributed by atoms with van der Waals surface area (Å²) in [6, 6.07) is 5.14. The predicted octanol–water partition coefficient (Wildman–Crippen LogP) is 3.02. The zero-order valence-electron chi connectivity index (χ0n) is 9.64. The Morgan fingerprint density at radius 2 is 2.11 bits per heavy atom. The molecule has 1 aromatic carbocycles. The minimum Gasteiger partial charge on any atom is -0.312 e. The number of rotatable bonds is 3. The van der Waals surface area contributed by atoms with Crippen molar-refractivity contribution in [3.63, 3.8) is 0 Å². The summed E-state index contributed by atoms with van der Waals surface area (Å²) in [5.74, 6) is -0.574. The molecule has 1 amide bonds. The molecule has 1 fully saturated rings. The van der Waals surface area contributed by atoms with Gasteiger partial charge in [-0.2, -0.15) is 0 Å².